The summed E-state index contributed by atoms with van der Waals surface area (Å²) in [7, 11) is 3.30. The number of amides is 1. The molecule has 20 heavy (non-hydrogen) atoms. The highest BCUT2D eigenvalue weighted by Crippen LogP contribution is 2.28. The molecular weight excluding hydrogens is 254 g/mol. The van der Waals surface area contributed by atoms with Gasteiger partial charge in [-0.25, -0.2) is 0 Å². The van der Waals surface area contributed by atoms with Crippen molar-refractivity contribution in [2.75, 3.05) is 20.8 Å². The Kier molecular flexibility index (Phi) is 5.43. The van der Waals surface area contributed by atoms with Gasteiger partial charge in [0.2, 0.25) is 5.91 Å². The van der Waals surface area contributed by atoms with Gasteiger partial charge in [0.15, 0.2) is 0 Å². The molecular formula is C16H25NO3. The van der Waals surface area contributed by atoms with Gasteiger partial charge in [-0.15, -0.1) is 0 Å². The van der Waals surface area contributed by atoms with Crippen molar-refractivity contribution in [2.45, 2.75) is 34.1 Å². The van der Waals surface area contributed by atoms with Crippen LogP contribution in [0, 0.1) is 12.3 Å². The molecule has 1 amide bonds. The second-order valence-electron chi connectivity index (χ2n) is 5.89. The van der Waals surface area contributed by atoms with Gasteiger partial charge in [-0.2, -0.15) is 0 Å². The summed E-state index contributed by atoms with van der Waals surface area (Å²) in [5.41, 5.74) is 1.70. The molecule has 1 rings (SSSR count). The molecule has 4 nitrogen and oxygen atoms in total. The Labute approximate surface area is 121 Å². The predicted octanol–water partition coefficient (Wildman–Crippen LogP) is 2.72. The van der Waals surface area contributed by atoms with Crippen LogP contribution in [0.2, 0.25) is 0 Å². The van der Waals surface area contributed by atoms with Crippen LogP contribution in [0.1, 0.15) is 31.9 Å². The predicted molar refractivity (Wildman–Crippen MR) is 80.5 cm³/mol. The highest BCUT2D eigenvalue weighted by molar-refractivity contribution is 5.81. The lowest BCUT2D eigenvalue weighted by atomic mass is 9.95. The Morgan fingerprint density at radius 3 is 2.25 bits per heavy atom. The average Bonchev–Trinajstić information content (AvgIpc) is 2.38. The maximum atomic E-state index is 11.8. The minimum absolute atomic E-state index is 0.0514. The zero-order chi connectivity index (χ0) is 15.3. The topological polar surface area (TPSA) is 47.6 Å². The molecule has 0 heterocycles. The van der Waals surface area contributed by atoms with Crippen LogP contribution in [-0.2, 0) is 11.2 Å². The van der Waals surface area contributed by atoms with E-state index in [9.17, 15) is 4.79 Å². The number of aryl methyl sites for hydroxylation is 1. The van der Waals surface area contributed by atoms with E-state index in [0.717, 1.165) is 22.6 Å². The summed E-state index contributed by atoms with van der Waals surface area (Å²) in [5.74, 6) is 1.71. The molecule has 0 spiro atoms. The third-order valence-corrected chi connectivity index (χ3v) is 3.16. The van der Waals surface area contributed by atoms with Crippen molar-refractivity contribution >= 4 is 5.91 Å². The van der Waals surface area contributed by atoms with Crippen LogP contribution in [0.15, 0.2) is 12.1 Å². The molecule has 1 aromatic rings. The van der Waals surface area contributed by atoms with Crippen molar-refractivity contribution in [2.24, 2.45) is 5.41 Å². The van der Waals surface area contributed by atoms with Crippen molar-refractivity contribution in [1.29, 1.82) is 0 Å². The van der Waals surface area contributed by atoms with E-state index < -0.39 is 0 Å². The van der Waals surface area contributed by atoms with Crippen LogP contribution < -0.4 is 14.8 Å². The summed E-state index contributed by atoms with van der Waals surface area (Å²) in [4.78, 5) is 11.8. The minimum Gasteiger partial charge on any atom is -0.496 e. The lowest BCUT2D eigenvalue weighted by Crippen LogP contribution is -2.35. The van der Waals surface area contributed by atoms with Crippen LogP contribution in [0.5, 0.6) is 11.5 Å². The number of methoxy groups -OCH3 is 2. The fraction of sp³-hybridized carbons (Fsp3) is 0.562. The van der Waals surface area contributed by atoms with E-state index >= 15 is 0 Å². The van der Waals surface area contributed by atoms with Crippen molar-refractivity contribution in [1.82, 2.24) is 5.32 Å². The summed E-state index contributed by atoms with van der Waals surface area (Å²) in [5, 5.41) is 2.94. The molecule has 1 N–H and O–H groups in total. The molecule has 0 bridgehead atoms. The van der Waals surface area contributed by atoms with Crippen LogP contribution in [0.4, 0.5) is 0 Å². The first-order chi connectivity index (χ1) is 9.29. The van der Waals surface area contributed by atoms with E-state index in [1.807, 2.05) is 39.8 Å². The van der Waals surface area contributed by atoms with E-state index in [0.29, 0.717) is 13.0 Å². The van der Waals surface area contributed by atoms with Gasteiger partial charge in [-0.05, 0) is 36.6 Å². The normalized spacial score (nSPS) is 11.1. The van der Waals surface area contributed by atoms with Crippen molar-refractivity contribution in [3.8, 4) is 11.5 Å². The molecule has 0 radical (unpaired) electrons. The monoisotopic (exact) mass is 279 g/mol. The summed E-state index contributed by atoms with van der Waals surface area (Å²) < 4.78 is 10.7. The summed E-state index contributed by atoms with van der Waals surface area (Å²) >= 11 is 0. The van der Waals surface area contributed by atoms with E-state index in [1.165, 1.54) is 0 Å². The molecule has 0 fully saturated rings. The number of carbonyl (C=O) groups excluding carboxylic acids is 1. The van der Waals surface area contributed by atoms with Gasteiger partial charge < -0.3 is 14.8 Å². The third-order valence-electron chi connectivity index (χ3n) is 3.16. The van der Waals surface area contributed by atoms with Crippen LogP contribution >= 0.6 is 0 Å². The molecule has 0 aliphatic carbocycles. The lowest BCUT2D eigenvalue weighted by Gasteiger charge is -2.18. The molecule has 0 saturated heterocycles. The summed E-state index contributed by atoms with van der Waals surface area (Å²) in [6.45, 7) is 8.26. The number of nitrogens with one attached hydrogen (secondary N) is 1. The molecule has 0 aliphatic rings. The molecule has 0 aromatic heterocycles. The Morgan fingerprint density at radius 2 is 1.75 bits per heavy atom. The van der Waals surface area contributed by atoms with Gasteiger partial charge in [0.1, 0.15) is 11.5 Å². The Hall–Kier alpha value is -1.71. The molecule has 112 valence electrons. The first-order valence-corrected chi connectivity index (χ1v) is 6.79. The second kappa shape index (κ2) is 6.64. The summed E-state index contributed by atoms with van der Waals surface area (Å²) in [6.07, 6.45) is 0.710. The summed E-state index contributed by atoms with van der Waals surface area (Å²) in [6, 6.07) is 3.93. The quantitative estimate of drug-likeness (QED) is 0.901. The SMILES string of the molecule is COc1cc(CCNC(=O)C(C)(C)C)c(OC)cc1C. The molecule has 1 aromatic carbocycles. The number of ether oxygens (including phenoxy) is 2. The lowest BCUT2D eigenvalue weighted by molar-refractivity contribution is -0.128. The highest BCUT2D eigenvalue weighted by Gasteiger charge is 2.20. The molecule has 0 aliphatic heterocycles. The molecule has 0 atom stereocenters. The highest BCUT2D eigenvalue weighted by atomic mass is 16.5. The average molecular weight is 279 g/mol. The number of benzene rings is 1. The third kappa shape index (κ3) is 4.15. The Morgan fingerprint density at radius 1 is 1.15 bits per heavy atom. The van der Waals surface area contributed by atoms with Crippen molar-refractivity contribution in [3.63, 3.8) is 0 Å². The van der Waals surface area contributed by atoms with E-state index in [1.54, 1.807) is 14.2 Å². The van der Waals surface area contributed by atoms with Crippen molar-refractivity contribution in [3.05, 3.63) is 23.3 Å². The Bertz CT molecular complexity index is 475. The number of rotatable bonds is 5. The van der Waals surface area contributed by atoms with Crippen molar-refractivity contribution < 1.29 is 14.3 Å². The van der Waals surface area contributed by atoms with Gasteiger partial charge in [-0.3, -0.25) is 4.79 Å². The zero-order valence-electron chi connectivity index (χ0n) is 13.3. The number of carbonyl (C=O) groups is 1. The molecule has 0 saturated carbocycles. The van der Waals surface area contributed by atoms with E-state index in [-0.39, 0.29) is 11.3 Å². The largest absolute Gasteiger partial charge is 0.496 e. The van der Waals surface area contributed by atoms with Crippen LogP contribution in [-0.4, -0.2) is 26.7 Å². The maximum Gasteiger partial charge on any atom is 0.225 e. The van der Waals surface area contributed by atoms with Crippen LogP contribution in [0.3, 0.4) is 0 Å². The van der Waals surface area contributed by atoms with E-state index in [4.69, 9.17) is 9.47 Å². The first-order valence-electron chi connectivity index (χ1n) is 6.79. The zero-order valence-corrected chi connectivity index (χ0v) is 13.3. The minimum atomic E-state index is -0.366. The fourth-order valence-electron chi connectivity index (χ4n) is 1.88. The van der Waals surface area contributed by atoms with Gasteiger partial charge in [0.25, 0.3) is 0 Å². The van der Waals surface area contributed by atoms with Crippen LogP contribution in [0.25, 0.3) is 0 Å². The molecule has 0 unspecified atom stereocenters. The van der Waals surface area contributed by atoms with Gasteiger partial charge in [0.05, 0.1) is 14.2 Å². The fourth-order valence-corrected chi connectivity index (χ4v) is 1.88. The van der Waals surface area contributed by atoms with Gasteiger partial charge in [-0.1, -0.05) is 20.8 Å². The second-order valence-corrected chi connectivity index (χ2v) is 5.89. The molecule has 4 heteroatoms. The smallest absolute Gasteiger partial charge is 0.225 e. The van der Waals surface area contributed by atoms with Gasteiger partial charge >= 0.3 is 0 Å². The first kappa shape index (κ1) is 16.3. The standard InChI is InChI=1S/C16H25NO3/c1-11-9-14(20-6)12(10-13(11)19-5)7-8-17-15(18)16(2,3)4/h9-10H,7-8H2,1-6H3,(H,17,18). The van der Waals surface area contributed by atoms with E-state index in [2.05, 4.69) is 5.32 Å². The van der Waals surface area contributed by atoms with Gasteiger partial charge in [0, 0.05) is 12.0 Å². The maximum absolute atomic E-state index is 11.8. The Balaban J connectivity index is 2.75. The number of hydrogen-bond acceptors (Lipinski definition) is 3. The number of hydrogen-bond donors (Lipinski definition) is 1.